The molecule has 4 aliphatic heterocycles. The van der Waals surface area contributed by atoms with Gasteiger partial charge in [0.25, 0.3) is 0 Å². The molecule has 6 heterocycles. The fourth-order valence-electron chi connectivity index (χ4n) is 7.38. The van der Waals surface area contributed by atoms with Gasteiger partial charge in [0.15, 0.2) is 16.5 Å². The van der Waals surface area contributed by atoms with Crippen LogP contribution < -0.4 is 9.80 Å². The van der Waals surface area contributed by atoms with Gasteiger partial charge < -0.3 is 4.55 Å². The summed E-state index contributed by atoms with van der Waals surface area (Å²) in [5.41, 5.74) is 7.29. The van der Waals surface area contributed by atoms with Crippen molar-refractivity contribution >= 4 is 78.9 Å². The molecule has 1 atom stereocenters. The fraction of sp³-hybridized carbons (Fsp3) is 0.150. The van der Waals surface area contributed by atoms with E-state index in [-0.39, 0.29) is 15.7 Å². The zero-order chi connectivity index (χ0) is 34.9. The van der Waals surface area contributed by atoms with Crippen molar-refractivity contribution in [1.29, 1.82) is 0 Å². The predicted octanol–water partition coefficient (Wildman–Crippen LogP) is 10.9. The van der Waals surface area contributed by atoms with Crippen molar-refractivity contribution in [1.82, 2.24) is 9.97 Å². The van der Waals surface area contributed by atoms with Crippen molar-refractivity contribution in [2.24, 2.45) is 0 Å². The largest absolute Gasteiger partial charge is 0.606 e. The van der Waals surface area contributed by atoms with E-state index in [0.717, 1.165) is 52.7 Å². The lowest BCUT2D eigenvalue weighted by atomic mass is 9.96. The number of rotatable bonds is 3. The molecule has 1 unspecified atom stereocenters. The van der Waals surface area contributed by atoms with Crippen molar-refractivity contribution in [3.63, 3.8) is 0 Å². The maximum atomic E-state index is 14.6. The Morgan fingerprint density at radius 1 is 0.686 bits per heavy atom. The van der Waals surface area contributed by atoms with E-state index >= 15 is 0 Å². The second-order valence-electron chi connectivity index (χ2n) is 13.7. The van der Waals surface area contributed by atoms with Crippen molar-refractivity contribution in [3.05, 3.63) is 108 Å². The average molecular weight is 743 g/mol. The first-order chi connectivity index (χ1) is 24.6. The molecule has 2 aromatic heterocycles. The van der Waals surface area contributed by atoms with Crippen LogP contribution in [0.1, 0.15) is 50.7 Å². The quantitative estimate of drug-likeness (QED) is 0.164. The van der Waals surface area contributed by atoms with E-state index in [9.17, 15) is 13.0 Å². The van der Waals surface area contributed by atoms with E-state index in [1.807, 2.05) is 59.6 Å². The SMILES string of the molecule is CC(C)c1ccc2c(c1)N1c3ncc(-c4cc(C(C)C)cc5c4Sc4cccc6c4N5c4ncccc4[S+]6[O-])cc3S(=O)(=O)c3cccc(c31)S2. The van der Waals surface area contributed by atoms with E-state index < -0.39 is 21.0 Å². The summed E-state index contributed by atoms with van der Waals surface area (Å²) < 4.78 is 43.0. The molecule has 10 rings (SSSR count). The molecule has 51 heavy (non-hydrogen) atoms. The van der Waals surface area contributed by atoms with E-state index in [4.69, 9.17) is 9.97 Å². The molecule has 0 fully saturated rings. The third kappa shape index (κ3) is 4.42. The van der Waals surface area contributed by atoms with E-state index in [0.29, 0.717) is 33.7 Å². The van der Waals surface area contributed by atoms with Gasteiger partial charge in [0.2, 0.25) is 14.7 Å². The zero-order valence-electron chi connectivity index (χ0n) is 28.0. The van der Waals surface area contributed by atoms with Gasteiger partial charge in [-0.05, 0) is 95.3 Å². The second kappa shape index (κ2) is 11.1. The maximum absolute atomic E-state index is 14.6. The predicted molar refractivity (Wildman–Crippen MR) is 203 cm³/mol. The molecule has 0 N–H and O–H groups in total. The summed E-state index contributed by atoms with van der Waals surface area (Å²) in [6.07, 6.45) is 3.56. The lowest BCUT2D eigenvalue weighted by Crippen LogP contribution is -2.26. The Kier molecular flexibility index (Phi) is 6.86. The van der Waals surface area contributed by atoms with Crippen molar-refractivity contribution < 1.29 is 13.0 Å². The summed E-state index contributed by atoms with van der Waals surface area (Å²) >= 11 is 1.84. The summed E-state index contributed by atoms with van der Waals surface area (Å²) in [5, 5.41) is 0. The first-order valence-corrected chi connectivity index (χ1v) is 21.0. The Balaban J connectivity index is 1.21. The van der Waals surface area contributed by atoms with Crippen LogP contribution in [0.25, 0.3) is 11.1 Å². The monoisotopic (exact) mass is 742 g/mol. The molecule has 252 valence electrons. The van der Waals surface area contributed by atoms with E-state index in [1.165, 1.54) is 5.56 Å². The number of anilines is 6. The molecule has 0 amide bonds. The number of benzene rings is 4. The van der Waals surface area contributed by atoms with Crippen LogP contribution in [0.2, 0.25) is 0 Å². The highest BCUT2D eigenvalue weighted by Crippen LogP contribution is 2.61. The highest BCUT2D eigenvalue weighted by Gasteiger charge is 2.43. The van der Waals surface area contributed by atoms with Crippen LogP contribution in [-0.4, -0.2) is 22.9 Å². The molecule has 0 radical (unpaired) electrons. The summed E-state index contributed by atoms with van der Waals surface area (Å²) in [4.78, 5) is 19.7. The van der Waals surface area contributed by atoms with Crippen LogP contribution in [-0.2, 0) is 21.0 Å². The van der Waals surface area contributed by atoms with Crippen molar-refractivity contribution in [3.8, 4) is 11.1 Å². The molecular formula is C40H30N4O3S4. The number of fused-ring (bicyclic) bond motifs is 8. The van der Waals surface area contributed by atoms with Gasteiger partial charge in [0, 0.05) is 48.7 Å². The zero-order valence-corrected chi connectivity index (χ0v) is 31.3. The van der Waals surface area contributed by atoms with Gasteiger partial charge in [-0.3, -0.25) is 9.80 Å². The molecular weight excluding hydrogens is 713 g/mol. The Morgan fingerprint density at radius 3 is 2.22 bits per heavy atom. The average Bonchev–Trinajstić information content (AvgIpc) is 3.13. The molecule has 7 nitrogen and oxygen atoms in total. The molecule has 4 aliphatic rings. The number of para-hydroxylation sites is 2. The highest BCUT2D eigenvalue weighted by atomic mass is 32.2. The normalized spacial score (nSPS) is 17.0. The van der Waals surface area contributed by atoms with Crippen LogP contribution >= 0.6 is 23.5 Å². The molecule has 0 saturated heterocycles. The first-order valence-electron chi connectivity index (χ1n) is 16.8. The molecule has 11 heteroatoms. The number of pyridine rings is 2. The fourth-order valence-corrected chi connectivity index (χ4v) is 12.7. The third-order valence-corrected chi connectivity index (χ3v) is 15.5. The number of sulfone groups is 1. The number of hydrogen-bond donors (Lipinski definition) is 0. The molecule has 0 saturated carbocycles. The van der Waals surface area contributed by atoms with Gasteiger partial charge in [0.1, 0.15) is 10.6 Å². The summed E-state index contributed by atoms with van der Waals surface area (Å²) in [6.45, 7) is 8.63. The highest BCUT2D eigenvalue weighted by molar-refractivity contribution is 8.00. The van der Waals surface area contributed by atoms with Gasteiger partial charge in [0.05, 0.1) is 22.0 Å². The van der Waals surface area contributed by atoms with Crippen LogP contribution in [0.5, 0.6) is 0 Å². The number of hydrogen-bond acceptors (Lipinski definition) is 9. The van der Waals surface area contributed by atoms with Gasteiger partial charge in [-0.1, -0.05) is 69.4 Å². The third-order valence-electron chi connectivity index (χ3n) is 9.99. The molecule has 6 aromatic rings. The number of aromatic nitrogens is 2. The minimum Gasteiger partial charge on any atom is -0.606 e. The van der Waals surface area contributed by atoms with Gasteiger partial charge >= 0.3 is 0 Å². The molecule has 0 aliphatic carbocycles. The van der Waals surface area contributed by atoms with E-state index in [2.05, 4.69) is 62.9 Å². The van der Waals surface area contributed by atoms with Gasteiger partial charge in [-0.25, -0.2) is 18.4 Å². The molecule has 0 bridgehead atoms. The summed E-state index contributed by atoms with van der Waals surface area (Å²) in [5.74, 6) is 1.54. The molecule has 4 aromatic carbocycles. The lowest BCUT2D eigenvalue weighted by Gasteiger charge is -2.38. The standard InChI is InChI=1S/C40H30N4O3S4/c1-21(2)23-13-14-29-27(17-23)43-37-31(48-29)9-6-12-34(37)51(46,47)35-19-25(20-42-40(35)43)26-16-24(22(3)4)18-28-38(26)49-30-8-5-10-32-36(30)44(28)39-33(50(32)45)11-7-15-41-39/h5-22H,1-4H3. The Bertz CT molecular complexity index is 2620. The topological polar surface area (TPSA) is 89.5 Å². The lowest BCUT2D eigenvalue weighted by molar-refractivity contribution is 0.592. The second-order valence-corrected chi connectivity index (χ2v) is 19.1. The minimum absolute atomic E-state index is 0.176. The first kappa shape index (κ1) is 31.5. The van der Waals surface area contributed by atoms with Gasteiger partial charge in [-0.15, -0.1) is 0 Å². The van der Waals surface area contributed by atoms with Crippen LogP contribution in [0.4, 0.5) is 34.4 Å². The van der Waals surface area contributed by atoms with Crippen LogP contribution in [0, 0.1) is 0 Å². The van der Waals surface area contributed by atoms with Crippen LogP contribution in [0.15, 0.2) is 136 Å². The van der Waals surface area contributed by atoms with Crippen LogP contribution in [0.3, 0.4) is 0 Å². The van der Waals surface area contributed by atoms with Gasteiger partial charge in [-0.2, -0.15) is 0 Å². The molecule has 0 spiro atoms. The van der Waals surface area contributed by atoms with Crippen molar-refractivity contribution in [2.75, 3.05) is 9.80 Å². The Labute approximate surface area is 308 Å². The Hall–Kier alpha value is -4.26. The van der Waals surface area contributed by atoms with E-state index in [1.54, 1.807) is 35.8 Å². The van der Waals surface area contributed by atoms with Crippen molar-refractivity contribution in [2.45, 2.75) is 78.7 Å². The maximum Gasteiger partial charge on any atom is 0.212 e. The smallest absolute Gasteiger partial charge is 0.212 e. The Morgan fingerprint density at radius 2 is 1.41 bits per heavy atom. The summed E-state index contributed by atoms with van der Waals surface area (Å²) in [6, 6.07) is 27.8. The number of nitrogens with zero attached hydrogens (tertiary/aromatic N) is 4. The summed E-state index contributed by atoms with van der Waals surface area (Å²) in [7, 11) is -3.93. The minimum atomic E-state index is -3.93.